The van der Waals surface area contributed by atoms with E-state index >= 15 is 0 Å². The number of nitrogens with one attached hydrogen (secondary N) is 1. The summed E-state index contributed by atoms with van der Waals surface area (Å²) >= 11 is 6.62. The Hall–Kier alpha value is -2.19. The van der Waals surface area contributed by atoms with E-state index in [4.69, 9.17) is 17.3 Å². The summed E-state index contributed by atoms with van der Waals surface area (Å²) in [5.74, 6) is -0.920. The highest BCUT2D eigenvalue weighted by molar-refractivity contribution is 8.26. The number of carbonyl (C=O) groups is 3. The summed E-state index contributed by atoms with van der Waals surface area (Å²) in [6, 6.07) is 7.94. The predicted molar refractivity (Wildman–Crippen MR) is 138 cm³/mol. The molecule has 1 aromatic carbocycles. The first-order chi connectivity index (χ1) is 15.9. The fourth-order valence-electron chi connectivity index (χ4n) is 3.50. The van der Waals surface area contributed by atoms with Gasteiger partial charge in [0.05, 0.1) is 4.91 Å². The molecule has 0 radical (unpaired) electrons. The molecule has 1 fully saturated rings. The van der Waals surface area contributed by atoms with E-state index in [1.165, 1.54) is 16.7 Å². The Balaban J connectivity index is 1.56. The average Bonchev–Trinajstić information content (AvgIpc) is 3.04. The number of carboxylic acids is 1. The zero-order chi connectivity index (χ0) is 24.1. The number of carboxylic acid groups (broad SMARTS) is 1. The summed E-state index contributed by atoms with van der Waals surface area (Å²) in [5, 5.41) is 11.5. The lowest BCUT2D eigenvalue weighted by Gasteiger charge is -2.14. The first-order valence-corrected chi connectivity index (χ1v) is 12.9. The summed E-state index contributed by atoms with van der Waals surface area (Å²) in [6.45, 7) is 2.96. The Morgan fingerprint density at radius 1 is 1.00 bits per heavy atom. The number of rotatable bonds is 15. The van der Waals surface area contributed by atoms with Gasteiger partial charge in [-0.15, -0.1) is 0 Å². The lowest BCUT2D eigenvalue weighted by Crippen LogP contribution is -2.33. The zero-order valence-electron chi connectivity index (χ0n) is 19.3. The molecule has 8 heteroatoms. The third-order valence-electron chi connectivity index (χ3n) is 5.45. The van der Waals surface area contributed by atoms with Gasteiger partial charge >= 0.3 is 5.97 Å². The largest absolute Gasteiger partial charge is 0.481 e. The highest BCUT2D eigenvalue weighted by Crippen LogP contribution is 2.32. The maximum Gasteiger partial charge on any atom is 0.303 e. The first kappa shape index (κ1) is 27.1. The molecular weight excluding hydrogens is 456 g/mol. The van der Waals surface area contributed by atoms with Crippen LogP contribution >= 0.6 is 24.0 Å². The summed E-state index contributed by atoms with van der Waals surface area (Å²) < 4.78 is 0.495. The fourth-order valence-corrected chi connectivity index (χ4v) is 4.81. The fraction of sp³-hybridized carbons (Fsp3) is 0.520. The SMILES string of the molecule is Cc1ccc(/C=C2\SC(=S)N(CCC(=O)NCCCCCCCCCCC(=O)O)C2=O)cc1. The summed E-state index contributed by atoms with van der Waals surface area (Å²) in [5.41, 5.74) is 2.12. The zero-order valence-corrected chi connectivity index (χ0v) is 20.9. The molecule has 0 atom stereocenters. The van der Waals surface area contributed by atoms with E-state index in [1.807, 2.05) is 37.3 Å². The summed E-state index contributed by atoms with van der Waals surface area (Å²) in [7, 11) is 0. The Bertz CT molecular complexity index is 852. The normalized spacial score (nSPS) is 14.8. The van der Waals surface area contributed by atoms with Crippen LogP contribution in [-0.4, -0.2) is 45.2 Å². The van der Waals surface area contributed by atoms with Crippen molar-refractivity contribution in [1.82, 2.24) is 10.2 Å². The van der Waals surface area contributed by atoms with Gasteiger partial charge in [-0.1, -0.05) is 92.3 Å². The van der Waals surface area contributed by atoms with Crippen LogP contribution in [0.2, 0.25) is 0 Å². The van der Waals surface area contributed by atoms with Crippen molar-refractivity contribution < 1.29 is 19.5 Å². The average molecular weight is 491 g/mol. The molecule has 2 rings (SSSR count). The Morgan fingerprint density at radius 2 is 1.61 bits per heavy atom. The molecule has 1 aliphatic rings. The molecule has 0 unspecified atom stereocenters. The molecule has 2 amide bonds. The summed E-state index contributed by atoms with van der Waals surface area (Å²) in [4.78, 5) is 37.4. The number of thioether (sulfide) groups is 1. The molecule has 0 saturated carbocycles. The molecule has 0 spiro atoms. The predicted octanol–water partition coefficient (Wildman–Crippen LogP) is 5.30. The van der Waals surface area contributed by atoms with E-state index in [1.54, 1.807) is 0 Å². The smallest absolute Gasteiger partial charge is 0.303 e. The quantitative estimate of drug-likeness (QED) is 0.197. The number of unbranched alkanes of at least 4 members (excludes halogenated alkanes) is 7. The standard InChI is InChI=1S/C25H34N2O4S2/c1-19-11-13-20(14-12-19)18-21-24(31)27(25(32)33-21)17-15-22(28)26-16-9-7-5-3-2-4-6-8-10-23(29)30/h11-14,18H,2-10,15-17H2,1H3,(H,26,28)(H,29,30)/b21-18-. The van der Waals surface area contributed by atoms with Gasteiger partial charge in [0.2, 0.25) is 5.91 Å². The second-order valence-electron chi connectivity index (χ2n) is 8.32. The van der Waals surface area contributed by atoms with Crippen molar-refractivity contribution in [2.75, 3.05) is 13.1 Å². The highest BCUT2D eigenvalue weighted by Gasteiger charge is 2.32. The number of amides is 2. The van der Waals surface area contributed by atoms with Crippen molar-refractivity contribution in [1.29, 1.82) is 0 Å². The number of aliphatic carboxylic acids is 1. The van der Waals surface area contributed by atoms with Crippen molar-refractivity contribution in [3.63, 3.8) is 0 Å². The second kappa shape index (κ2) is 14.9. The molecule has 1 heterocycles. The number of hydrogen-bond acceptors (Lipinski definition) is 5. The van der Waals surface area contributed by atoms with Gasteiger partial charge in [0.15, 0.2) is 0 Å². The molecule has 1 saturated heterocycles. The number of benzene rings is 1. The Kier molecular flexibility index (Phi) is 12.2. The molecule has 2 N–H and O–H groups in total. The van der Waals surface area contributed by atoms with Crippen LogP contribution in [0.15, 0.2) is 29.2 Å². The molecule has 1 aromatic rings. The van der Waals surface area contributed by atoms with Crippen LogP contribution in [0.4, 0.5) is 0 Å². The number of thiocarbonyl (C=S) groups is 1. The lowest BCUT2D eigenvalue weighted by molar-refractivity contribution is -0.137. The van der Waals surface area contributed by atoms with Gasteiger partial charge in [-0.2, -0.15) is 0 Å². The Morgan fingerprint density at radius 3 is 2.24 bits per heavy atom. The lowest BCUT2D eigenvalue weighted by atomic mass is 10.1. The van der Waals surface area contributed by atoms with E-state index in [-0.39, 0.29) is 24.7 Å². The molecule has 0 aliphatic carbocycles. The van der Waals surface area contributed by atoms with Crippen LogP contribution in [-0.2, 0) is 14.4 Å². The molecule has 0 aromatic heterocycles. The summed E-state index contributed by atoms with van der Waals surface area (Å²) in [6.07, 6.45) is 10.6. The number of aryl methyl sites for hydroxylation is 1. The second-order valence-corrected chi connectivity index (χ2v) is 9.99. The van der Waals surface area contributed by atoms with Crippen molar-refractivity contribution in [3.05, 3.63) is 40.3 Å². The molecular formula is C25H34N2O4S2. The van der Waals surface area contributed by atoms with Crippen molar-refractivity contribution in [2.24, 2.45) is 0 Å². The number of hydrogen-bond donors (Lipinski definition) is 2. The minimum absolute atomic E-state index is 0.0648. The van der Waals surface area contributed by atoms with Crippen molar-refractivity contribution >= 4 is 52.2 Å². The molecule has 0 bridgehead atoms. The molecule has 180 valence electrons. The molecule has 33 heavy (non-hydrogen) atoms. The van der Waals surface area contributed by atoms with Gasteiger partial charge in [0.1, 0.15) is 4.32 Å². The van der Waals surface area contributed by atoms with E-state index < -0.39 is 5.97 Å². The van der Waals surface area contributed by atoms with Crippen LogP contribution < -0.4 is 5.32 Å². The van der Waals surface area contributed by atoms with Crippen molar-refractivity contribution in [3.8, 4) is 0 Å². The van der Waals surface area contributed by atoms with E-state index in [9.17, 15) is 14.4 Å². The monoisotopic (exact) mass is 490 g/mol. The van der Waals surface area contributed by atoms with Crippen LogP contribution in [0.5, 0.6) is 0 Å². The third-order valence-corrected chi connectivity index (χ3v) is 6.83. The molecule has 1 aliphatic heterocycles. The topological polar surface area (TPSA) is 86.7 Å². The van der Waals surface area contributed by atoms with Gasteiger partial charge in [0.25, 0.3) is 5.91 Å². The van der Waals surface area contributed by atoms with E-state index in [0.717, 1.165) is 62.5 Å². The van der Waals surface area contributed by atoms with Gasteiger partial charge in [0, 0.05) is 25.9 Å². The first-order valence-electron chi connectivity index (χ1n) is 11.7. The van der Waals surface area contributed by atoms with Gasteiger partial charge in [-0.25, -0.2) is 0 Å². The minimum Gasteiger partial charge on any atom is -0.481 e. The molecule has 6 nitrogen and oxygen atoms in total. The van der Waals surface area contributed by atoms with Crippen LogP contribution in [0.3, 0.4) is 0 Å². The van der Waals surface area contributed by atoms with Crippen molar-refractivity contribution in [2.45, 2.75) is 71.1 Å². The maximum atomic E-state index is 12.7. The van der Waals surface area contributed by atoms with Crippen LogP contribution in [0.25, 0.3) is 6.08 Å². The number of nitrogens with zero attached hydrogens (tertiary/aromatic N) is 1. The third kappa shape index (κ3) is 10.5. The minimum atomic E-state index is -0.717. The maximum absolute atomic E-state index is 12.7. The van der Waals surface area contributed by atoms with E-state index in [2.05, 4.69) is 5.32 Å². The van der Waals surface area contributed by atoms with E-state index in [0.29, 0.717) is 22.3 Å². The highest BCUT2D eigenvalue weighted by atomic mass is 32.2. The van der Waals surface area contributed by atoms with Gasteiger partial charge < -0.3 is 10.4 Å². The number of carbonyl (C=O) groups excluding carboxylic acids is 2. The van der Waals surface area contributed by atoms with Crippen LogP contribution in [0, 0.1) is 6.92 Å². The van der Waals surface area contributed by atoms with Gasteiger partial charge in [-0.05, 0) is 31.4 Å². The van der Waals surface area contributed by atoms with Crippen LogP contribution in [0.1, 0.15) is 75.3 Å². The Labute approximate surface area is 206 Å². The van der Waals surface area contributed by atoms with Gasteiger partial charge in [-0.3, -0.25) is 19.3 Å².